The van der Waals surface area contributed by atoms with Crippen molar-refractivity contribution in [2.24, 2.45) is 0 Å². The molecule has 0 heterocycles. The van der Waals surface area contributed by atoms with Crippen molar-refractivity contribution >= 4 is 23.3 Å². The summed E-state index contributed by atoms with van der Waals surface area (Å²) in [5, 5.41) is 6.16. The highest BCUT2D eigenvalue weighted by Crippen LogP contribution is 2.17. The maximum Gasteiger partial charge on any atom is 0.319 e. The third kappa shape index (κ3) is 4.68. The van der Waals surface area contributed by atoms with Crippen molar-refractivity contribution in [3.8, 4) is 5.75 Å². The molecule has 2 amide bonds. The van der Waals surface area contributed by atoms with Gasteiger partial charge in [-0.15, -0.1) is 0 Å². The van der Waals surface area contributed by atoms with Gasteiger partial charge in [0.25, 0.3) is 0 Å². The number of benzene rings is 2. The molecular weight excluding hydrogens is 288 g/mol. The highest BCUT2D eigenvalue weighted by atomic mass is 35.5. The number of ether oxygens (including phenoxy) is 1. The Morgan fingerprint density at radius 1 is 1.19 bits per heavy atom. The maximum atomic E-state index is 11.9. The molecule has 0 aliphatic rings. The van der Waals surface area contributed by atoms with Gasteiger partial charge >= 0.3 is 6.03 Å². The summed E-state index contributed by atoms with van der Waals surface area (Å²) in [5.41, 5.74) is 1.55. The van der Waals surface area contributed by atoms with Gasteiger partial charge in [0, 0.05) is 23.3 Å². The molecule has 2 aromatic rings. The Labute approximate surface area is 129 Å². The van der Waals surface area contributed by atoms with Crippen LogP contribution in [0.3, 0.4) is 0 Å². The van der Waals surface area contributed by atoms with Gasteiger partial charge in [-0.1, -0.05) is 35.9 Å². The van der Waals surface area contributed by atoms with Gasteiger partial charge in [0.1, 0.15) is 5.75 Å². The molecule has 0 aliphatic heterocycles. The van der Waals surface area contributed by atoms with Gasteiger partial charge in [-0.3, -0.25) is 0 Å². The van der Waals surface area contributed by atoms with E-state index in [-0.39, 0.29) is 6.03 Å². The van der Waals surface area contributed by atoms with Gasteiger partial charge in [-0.05, 0) is 30.7 Å². The highest BCUT2D eigenvalue weighted by Gasteiger charge is 2.04. The molecular formula is C16H17ClN2O2. The normalized spacial score (nSPS) is 10.0. The summed E-state index contributed by atoms with van der Waals surface area (Å²) >= 11 is 6.04. The zero-order valence-corrected chi connectivity index (χ0v) is 12.5. The molecule has 0 aliphatic carbocycles. The van der Waals surface area contributed by atoms with Crippen molar-refractivity contribution in [1.29, 1.82) is 0 Å². The maximum absolute atomic E-state index is 11.9. The second-order valence-corrected chi connectivity index (χ2v) is 4.77. The van der Waals surface area contributed by atoms with Crippen LogP contribution < -0.4 is 15.4 Å². The Balaban J connectivity index is 1.90. The first-order chi connectivity index (χ1) is 10.2. The average molecular weight is 305 g/mol. The summed E-state index contributed by atoms with van der Waals surface area (Å²) in [6.45, 7) is 2.87. The van der Waals surface area contributed by atoms with E-state index in [0.717, 1.165) is 11.3 Å². The van der Waals surface area contributed by atoms with Crippen molar-refractivity contribution in [2.75, 3.05) is 11.9 Å². The lowest BCUT2D eigenvalue weighted by Gasteiger charge is -2.10. The standard InChI is InChI=1S/C16H17ClN2O2/c1-2-21-14-8-5-7-13(10-14)19-16(20)18-11-12-6-3-4-9-15(12)17/h3-10H,2,11H2,1H3,(H2,18,19,20). The predicted octanol–water partition coefficient (Wildman–Crippen LogP) is 4.06. The molecule has 0 spiro atoms. The zero-order valence-electron chi connectivity index (χ0n) is 11.7. The largest absolute Gasteiger partial charge is 0.494 e. The fourth-order valence-corrected chi connectivity index (χ4v) is 2.03. The van der Waals surface area contributed by atoms with Gasteiger partial charge in [0.15, 0.2) is 0 Å². The van der Waals surface area contributed by atoms with E-state index in [9.17, 15) is 4.79 Å². The molecule has 2 N–H and O–H groups in total. The number of amides is 2. The molecule has 110 valence electrons. The van der Waals surface area contributed by atoms with Crippen molar-refractivity contribution in [3.63, 3.8) is 0 Å². The fraction of sp³-hybridized carbons (Fsp3) is 0.188. The zero-order chi connectivity index (χ0) is 15.1. The molecule has 0 atom stereocenters. The molecule has 0 unspecified atom stereocenters. The lowest BCUT2D eigenvalue weighted by molar-refractivity contribution is 0.251. The summed E-state index contributed by atoms with van der Waals surface area (Å²) in [7, 11) is 0. The second-order valence-electron chi connectivity index (χ2n) is 4.36. The number of urea groups is 1. The van der Waals surface area contributed by atoms with Gasteiger partial charge in [-0.25, -0.2) is 4.79 Å². The minimum absolute atomic E-state index is 0.288. The van der Waals surface area contributed by atoms with Crippen LogP contribution in [-0.2, 0) is 6.54 Å². The molecule has 5 heteroatoms. The smallest absolute Gasteiger partial charge is 0.319 e. The highest BCUT2D eigenvalue weighted by molar-refractivity contribution is 6.31. The van der Waals surface area contributed by atoms with Crippen LogP contribution in [0.5, 0.6) is 5.75 Å². The van der Waals surface area contributed by atoms with Crippen LogP contribution in [0, 0.1) is 0 Å². The third-order valence-corrected chi connectivity index (χ3v) is 3.17. The molecule has 2 aromatic carbocycles. The molecule has 0 radical (unpaired) electrons. The van der Waals surface area contributed by atoms with E-state index in [1.54, 1.807) is 18.2 Å². The molecule has 0 saturated heterocycles. The number of hydrogen-bond acceptors (Lipinski definition) is 2. The Bertz CT molecular complexity index is 617. The molecule has 4 nitrogen and oxygen atoms in total. The van der Waals surface area contributed by atoms with Crippen LogP contribution in [-0.4, -0.2) is 12.6 Å². The van der Waals surface area contributed by atoms with E-state index in [1.165, 1.54) is 0 Å². The summed E-state index contributed by atoms with van der Waals surface area (Å²) in [5.74, 6) is 0.724. The quantitative estimate of drug-likeness (QED) is 0.875. The van der Waals surface area contributed by atoms with Crippen LogP contribution in [0.15, 0.2) is 48.5 Å². The Kier molecular flexibility index (Phi) is 5.46. The van der Waals surface area contributed by atoms with Crippen molar-refractivity contribution < 1.29 is 9.53 Å². The summed E-state index contributed by atoms with van der Waals surface area (Å²) in [6.07, 6.45) is 0. The fourth-order valence-electron chi connectivity index (χ4n) is 1.82. The number of anilines is 1. The number of rotatable bonds is 5. The van der Waals surface area contributed by atoms with E-state index in [2.05, 4.69) is 10.6 Å². The predicted molar refractivity (Wildman–Crippen MR) is 84.9 cm³/mol. The first-order valence-corrected chi connectivity index (χ1v) is 7.08. The van der Waals surface area contributed by atoms with Crippen LogP contribution in [0.25, 0.3) is 0 Å². The Morgan fingerprint density at radius 2 is 2.00 bits per heavy atom. The van der Waals surface area contributed by atoms with Crippen molar-refractivity contribution in [2.45, 2.75) is 13.5 Å². The van der Waals surface area contributed by atoms with Gasteiger partial charge in [0.2, 0.25) is 0 Å². The first-order valence-electron chi connectivity index (χ1n) is 6.70. The lowest BCUT2D eigenvalue weighted by atomic mass is 10.2. The molecule has 21 heavy (non-hydrogen) atoms. The first kappa shape index (κ1) is 15.2. The van der Waals surface area contributed by atoms with Gasteiger partial charge < -0.3 is 15.4 Å². The molecule has 0 saturated carbocycles. The van der Waals surface area contributed by atoms with Crippen LogP contribution >= 0.6 is 11.6 Å². The van der Waals surface area contributed by atoms with E-state index < -0.39 is 0 Å². The minimum atomic E-state index is -0.288. The van der Waals surface area contributed by atoms with E-state index in [0.29, 0.717) is 23.9 Å². The van der Waals surface area contributed by atoms with Crippen molar-refractivity contribution in [1.82, 2.24) is 5.32 Å². The molecule has 0 bridgehead atoms. The summed E-state index contributed by atoms with van der Waals surface area (Å²) in [4.78, 5) is 11.9. The topological polar surface area (TPSA) is 50.4 Å². The van der Waals surface area contributed by atoms with Gasteiger partial charge in [-0.2, -0.15) is 0 Å². The molecule has 2 rings (SSSR count). The van der Waals surface area contributed by atoms with E-state index in [4.69, 9.17) is 16.3 Å². The molecule has 0 aromatic heterocycles. The van der Waals surface area contributed by atoms with E-state index >= 15 is 0 Å². The number of carbonyl (C=O) groups is 1. The number of halogens is 1. The van der Waals surface area contributed by atoms with Crippen LogP contribution in [0.4, 0.5) is 10.5 Å². The van der Waals surface area contributed by atoms with Crippen molar-refractivity contribution in [3.05, 3.63) is 59.1 Å². The monoisotopic (exact) mass is 304 g/mol. The summed E-state index contributed by atoms with van der Waals surface area (Å²) in [6, 6.07) is 14.4. The minimum Gasteiger partial charge on any atom is -0.494 e. The SMILES string of the molecule is CCOc1cccc(NC(=O)NCc2ccccc2Cl)c1. The van der Waals surface area contributed by atoms with Crippen LogP contribution in [0.2, 0.25) is 5.02 Å². The van der Waals surface area contributed by atoms with Gasteiger partial charge in [0.05, 0.1) is 6.61 Å². The number of hydrogen-bond donors (Lipinski definition) is 2. The summed E-state index contributed by atoms with van der Waals surface area (Å²) < 4.78 is 5.38. The van der Waals surface area contributed by atoms with Crippen LogP contribution in [0.1, 0.15) is 12.5 Å². The lowest BCUT2D eigenvalue weighted by Crippen LogP contribution is -2.28. The van der Waals surface area contributed by atoms with E-state index in [1.807, 2.05) is 37.3 Å². The Hall–Kier alpha value is -2.20. The number of nitrogens with one attached hydrogen (secondary N) is 2. The third-order valence-electron chi connectivity index (χ3n) is 2.80. The second kappa shape index (κ2) is 7.55. The number of carbonyl (C=O) groups excluding carboxylic acids is 1. The average Bonchev–Trinajstić information content (AvgIpc) is 2.47. The molecule has 0 fully saturated rings. The Morgan fingerprint density at radius 3 is 2.76 bits per heavy atom.